The number of aliphatic hydroxyl groups is 1. The average molecular weight is 220 g/mol. The van der Waals surface area contributed by atoms with Crippen LogP contribution >= 0.6 is 23.5 Å². The lowest BCUT2D eigenvalue weighted by Gasteiger charge is -2.22. The first-order chi connectivity index (χ1) is 6.22. The molecular formula is C8H16N2OS2. The Bertz CT molecular complexity index is 193. The zero-order valence-corrected chi connectivity index (χ0v) is 9.49. The summed E-state index contributed by atoms with van der Waals surface area (Å²) in [7, 11) is 0. The van der Waals surface area contributed by atoms with Crippen molar-refractivity contribution in [3.8, 4) is 0 Å². The van der Waals surface area contributed by atoms with Crippen molar-refractivity contribution in [2.24, 2.45) is 0 Å². The third-order valence-corrected chi connectivity index (χ3v) is 5.66. The van der Waals surface area contributed by atoms with Gasteiger partial charge in [-0.05, 0) is 6.26 Å². The predicted molar refractivity (Wildman–Crippen MR) is 59.1 cm³/mol. The summed E-state index contributed by atoms with van der Waals surface area (Å²) >= 11 is 3.91. The molecule has 0 aromatic heterocycles. The van der Waals surface area contributed by atoms with Gasteiger partial charge in [-0.2, -0.15) is 23.5 Å². The highest BCUT2D eigenvalue weighted by molar-refractivity contribution is 8.03. The van der Waals surface area contributed by atoms with Crippen LogP contribution in [0.5, 0.6) is 0 Å². The standard InChI is InChI=1S/C8H16N2OS2/c1-4(12-2)7-6-5(3-13-7)9-8(11)10-6/h4-11H,3H2,1-2H3/t4?,5-,6-,7-,8?/m0/s1. The van der Waals surface area contributed by atoms with Crippen molar-refractivity contribution >= 4 is 23.5 Å². The van der Waals surface area contributed by atoms with Crippen LogP contribution in [0.25, 0.3) is 0 Å². The second-order valence-corrected chi connectivity index (χ2v) is 6.03. The first-order valence-corrected chi connectivity index (χ1v) is 6.90. The van der Waals surface area contributed by atoms with E-state index in [0.29, 0.717) is 22.6 Å². The van der Waals surface area contributed by atoms with Crippen LogP contribution in [0.1, 0.15) is 6.92 Å². The van der Waals surface area contributed by atoms with Gasteiger partial charge >= 0.3 is 0 Å². The highest BCUT2D eigenvalue weighted by atomic mass is 32.2. The van der Waals surface area contributed by atoms with E-state index in [9.17, 15) is 5.11 Å². The Morgan fingerprint density at radius 2 is 2.31 bits per heavy atom. The number of fused-ring (bicyclic) bond motifs is 1. The van der Waals surface area contributed by atoms with Crippen LogP contribution in [-0.2, 0) is 0 Å². The summed E-state index contributed by atoms with van der Waals surface area (Å²) in [5.74, 6) is 1.12. The molecule has 3 nitrogen and oxygen atoms in total. The second-order valence-electron chi connectivity index (χ2n) is 3.61. The third kappa shape index (κ3) is 1.85. The highest BCUT2D eigenvalue weighted by Crippen LogP contribution is 2.35. The SMILES string of the molecule is CSC(C)[C@@H]1SC[C@@H]2NC(O)N[C@@H]21. The Labute approximate surface area is 87.4 Å². The van der Waals surface area contributed by atoms with Gasteiger partial charge in [-0.3, -0.25) is 10.6 Å². The van der Waals surface area contributed by atoms with Gasteiger partial charge in [0, 0.05) is 28.3 Å². The van der Waals surface area contributed by atoms with Crippen LogP contribution in [0, 0.1) is 0 Å². The van der Waals surface area contributed by atoms with Crippen LogP contribution < -0.4 is 10.6 Å². The molecule has 0 bridgehead atoms. The Hall–Kier alpha value is 0.580. The quantitative estimate of drug-likeness (QED) is 0.614. The molecule has 2 aliphatic rings. The first-order valence-electron chi connectivity index (χ1n) is 4.57. The molecule has 0 aromatic carbocycles. The molecular weight excluding hydrogens is 204 g/mol. The lowest BCUT2D eigenvalue weighted by molar-refractivity contribution is 0.130. The van der Waals surface area contributed by atoms with Gasteiger partial charge in [-0.1, -0.05) is 6.92 Å². The largest absolute Gasteiger partial charge is 0.365 e. The maximum absolute atomic E-state index is 9.37. The van der Waals surface area contributed by atoms with E-state index in [4.69, 9.17) is 0 Å². The predicted octanol–water partition coefficient (Wildman–Crippen LogP) is 0.0592. The Morgan fingerprint density at radius 3 is 3.00 bits per heavy atom. The Morgan fingerprint density at radius 1 is 1.54 bits per heavy atom. The number of aliphatic hydroxyl groups excluding tert-OH is 1. The molecule has 0 saturated carbocycles. The molecule has 2 rings (SSSR count). The summed E-state index contributed by atoms with van der Waals surface area (Å²) in [5, 5.41) is 17.0. The molecule has 0 spiro atoms. The van der Waals surface area contributed by atoms with Crippen LogP contribution in [0.4, 0.5) is 0 Å². The number of rotatable bonds is 2. The van der Waals surface area contributed by atoms with Crippen LogP contribution in [-0.4, -0.2) is 46.1 Å². The summed E-state index contributed by atoms with van der Waals surface area (Å²) in [6.07, 6.45) is 1.66. The van der Waals surface area contributed by atoms with E-state index in [1.54, 1.807) is 0 Å². The van der Waals surface area contributed by atoms with Crippen molar-refractivity contribution in [3.05, 3.63) is 0 Å². The van der Waals surface area contributed by atoms with Gasteiger partial charge in [0.25, 0.3) is 0 Å². The molecule has 5 atom stereocenters. The minimum Gasteiger partial charge on any atom is -0.365 e. The van der Waals surface area contributed by atoms with Crippen molar-refractivity contribution in [1.29, 1.82) is 0 Å². The van der Waals surface area contributed by atoms with Crippen molar-refractivity contribution in [2.75, 3.05) is 12.0 Å². The minimum absolute atomic E-state index is 0.447. The highest BCUT2D eigenvalue weighted by Gasteiger charge is 2.44. The van der Waals surface area contributed by atoms with Gasteiger partial charge in [0.2, 0.25) is 0 Å². The van der Waals surface area contributed by atoms with Gasteiger partial charge in [-0.15, -0.1) is 0 Å². The summed E-state index contributed by atoms with van der Waals surface area (Å²) in [4.78, 5) is 0. The average Bonchev–Trinajstić information content (AvgIpc) is 2.61. The van der Waals surface area contributed by atoms with Crippen molar-refractivity contribution in [3.63, 3.8) is 0 Å². The van der Waals surface area contributed by atoms with Crippen LogP contribution in [0.15, 0.2) is 0 Å². The number of hydrogen-bond acceptors (Lipinski definition) is 5. The molecule has 0 amide bonds. The zero-order valence-electron chi connectivity index (χ0n) is 7.86. The Balaban J connectivity index is 2.00. The minimum atomic E-state index is -0.493. The fourth-order valence-electron chi connectivity index (χ4n) is 2.01. The molecule has 3 N–H and O–H groups in total. The summed E-state index contributed by atoms with van der Waals surface area (Å²) < 4.78 is 0. The second kappa shape index (κ2) is 3.98. The van der Waals surface area contributed by atoms with Gasteiger partial charge in [0.05, 0.1) is 0 Å². The summed E-state index contributed by atoms with van der Waals surface area (Å²) in [5.41, 5.74) is 0. The lowest BCUT2D eigenvalue weighted by atomic mass is 10.1. The van der Waals surface area contributed by atoms with Gasteiger partial charge < -0.3 is 5.11 Å². The van der Waals surface area contributed by atoms with E-state index in [1.807, 2.05) is 23.5 Å². The molecule has 13 heavy (non-hydrogen) atoms. The number of hydrogen-bond donors (Lipinski definition) is 3. The van der Waals surface area contributed by atoms with E-state index >= 15 is 0 Å². The summed E-state index contributed by atoms with van der Waals surface area (Å²) in [6, 6.07) is 0.905. The molecule has 2 aliphatic heterocycles. The molecule has 76 valence electrons. The van der Waals surface area contributed by atoms with Crippen LogP contribution in [0.3, 0.4) is 0 Å². The maximum atomic E-state index is 9.37. The summed E-state index contributed by atoms with van der Waals surface area (Å²) in [6.45, 7) is 2.26. The van der Waals surface area contributed by atoms with E-state index in [1.165, 1.54) is 0 Å². The smallest absolute Gasteiger partial charge is 0.161 e. The molecule has 2 heterocycles. The molecule has 0 aliphatic carbocycles. The van der Waals surface area contributed by atoms with Crippen molar-refractivity contribution in [1.82, 2.24) is 10.6 Å². The van der Waals surface area contributed by atoms with E-state index < -0.39 is 6.35 Å². The molecule has 2 saturated heterocycles. The molecule has 2 fully saturated rings. The topological polar surface area (TPSA) is 44.3 Å². The van der Waals surface area contributed by atoms with E-state index in [-0.39, 0.29) is 0 Å². The third-order valence-electron chi connectivity index (χ3n) is 2.81. The first kappa shape index (κ1) is 10.1. The molecule has 0 aromatic rings. The monoisotopic (exact) mass is 220 g/mol. The molecule has 5 heteroatoms. The lowest BCUT2D eigenvalue weighted by Crippen LogP contribution is -2.41. The molecule has 0 radical (unpaired) electrons. The fourth-order valence-corrected chi connectivity index (χ4v) is 4.49. The van der Waals surface area contributed by atoms with Crippen molar-refractivity contribution in [2.45, 2.75) is 35.9 Å². The van der Waals surface area contributed by atoms with E-state index in [2.05, 4.69) is 23.8 Å². The Kier molecular flexibility index (Phi) is 3.10. The number of nitrogens with one attached hydrogen (secondary N) is 2. The van der Waals surface area contributed by atoms with Gasteiger partial charge in [0.1, 0.15) is 0 Å². The molecule has 2 unspecified atom stereocenters. The van der Waals surface area contributed by atoms with Crippen LogP contribution in [0.2, 0.25) is 0 Å². The van der Waals surface area contributed by atoms with Gasteiger partial charge in [-0.25, -0.2) is 0 Å². The fraction of sp³-hybridized carbons (Fsp3) is 1.00. The van der Waals surface area contributed by atoms with E-state index in [0.717, 1.165) is 5.75 Å². The van der Waals surface area contributed by atoms with Crippen molar-refractivity contribution < 1.29 is 5.11 Å². The number of thioether (sulfide) groups is 2. The normalized spacial score (nSPS) is 46.4. The zero-order chi connectivity index (χ0) is 9.42. The maximum Gasteiger partial charge on any atom is 0.161 e. The van der Waals surface area contributed by atoms with Gasteiger partial charge in [0.15, 0.2) is 6.35 Å².